The first-order valence-corrected chi connectivity index (χ1v) is 6.11. The molecule has 2 aliphatic heterocycles. The predicted molar refractivity (Wildman–Crippen MR) is 61.9 cm³/mol. The zero-order chi connectivity index (χ0) is 12.5. The van der Waals surface area contributed by atoms with Gasteiger partial charge >= 0.3 is 0 Å². The van der Waals surface area contributed by atoms with Gasteiger partial charge in [-0.25, -0.2) is 5.84 Å². The first-order chi connectivity index (χ1) is 8.00. The first-order valence-electron chi connectivity index (χ1n) is 6.11. The Balaban J connectivity index is 1.77. The maximum absolute atomic E-state index is 11.3. The Morgan fingerprint density at radius 3 is 3.00 bits per heavy atom. The molecule has 0 spiro atoms. The summed E-state index contributed by atoms with van der Waals surface area (Å²) in [6.07, 6.45) is 2.06. The molecule has 1 amide bonds. The van der Waals surface area contributed by atoms with Crippen LogP contribution in [0.5, 0.6) is 0 Å². The van der Waals surface area contributed by atoms with Crippen LogP contribution in [0.15, 0.2) is 0 Å². The molecule has 17 heavy (non-hydrogen) atoms. The molecular formula is C11H21N3O3. The maximum Gasteiger partial charge on any atom is 0.263 e. The second-order valence-corrected chi connectivity index (χ2v) is 5.31. The number of rotatable bonds is 3. The number of hydrazine groups is 1. The molecular weight excluding hydrogens is 222 g/mol. The molecule has 6 heteroatoms. The fourth-order valence-electron chi connectivity index (χ4n) is 2.61. The third kappa shape index (κ3) is 3.16. The number of nitrogens with two attached hydrogens (primary N) is 1. The van der Waals surface area contributed by atoms with Crippen LogP contribution in [0.25, 0.3) is 0 Å². The van der Waals surface area contributed by atoms with Crippen LogP contribution in [0.3, 0.4) is 0 Å². The van der Waals surface area contributed by atoms with Crippen LogP contribution in [0, 0.1) is 0 Å². The van der Waals surface area contributed by atoms with Crippen LogP contribution in [0.1, 0.15) is 26.2 Å². The first kappa shape index (κ1) is 12.8. The molecule has 0 saturated carbocycles. The van der Waals surface area contributed by atoms with Gasteiger partial charge in [0, 0.05) is 19.6 Å². The van der Waals surface area contributed by atoms with E-state index in [4.69, 9.17) is 10.6 Å². The summed E-state index contributed by atoms with van der Waals surface area (Å²) in [5.41, 5.74) is 1.54. The molecule has 2 saturated heterocycles. The second-order valence-electron chi connectivity index (χ2n) is 5.31. The van der Waals surface area contributed by atoms with Crippen LogP contribution in [-0.2, 0) is 9.53 Å². The Labute approximate surface area is 101 Å². The van der Waals surface area contributed by atoms with E-state index in [-0.39, 0.29) is 12.0 Å². The molecule has 2 rings (SSSR count). The van der Waals surface area contributed by atoms with Crippen LogP contribution >= 0.6 is 0 Å². The molecule has 0 aromatic heterocycles. The number of carbonyl (C=O) groups is 1. The zero-order valence-electron chi connectivity index (χ0n) is 10.2. The number of hydrogen-bond donors (Lipinski definition) is 3. The lowest BCUT2D eigenvalue weighted by atomic mass is 10.1. The van der Waals surface area contributed by atoms with Crippen LogP contribution in [-0.4, -0.2) is 53.4 Å². The lowest BCUT2D eigenvalue weighted by molar-refractivity contribution is -0.132. The Bertz CT molecular complexity index is 296. The maximum atomic E-state index is 11.3. The number of ether oxygens (including phenoxy) is 1. The van der Waals surface area contributed by atoms with E-state index >= 15 is 0 Å². The summed E-state index contributed by atoms with van der Waals surface area (Å²) in [5.74, 6) is 4.82. The lowest BCUT2D eigenvalue weighted by Crippen LogP contribution is -2.40. The summed E-state index contributed by atoms with van der Waals surface area (Å²) >= 11 is 0. The van der Waals surface area contributed by atoms with E-state index in [9.17, 15) is 9.90 Å². The molecule has 0 aromatic rings. The van der Waals surface area contributed by atoms with Crippen molar-refractivity contribution in [2.75, 3.05) is 19.6 Å². The quantitative estimate of drug-likeness (QED) is 0.335. The Morgan fingerprint density at radius 1 is 1.65 bits per heavy atom. The van der Waals surface area contributed by atoms with Crippen LogP contribution < -0.4 is 11.3 Å². The third-order valence-corrected chi connectivity index (χ3v) is 3.53. The van der Waals surface area contributed by atoms with Gasteiger partial charge in [-0.15, -0.1) is 0 Å². The molecule has 4 N–H and O–H groups in total. The summed E-state index contributed by atoms with van der Waals surface area (Å²) in [5, 5.41) is 9.85. The number of amides is 1. The smallest absolute Gasteiger partial charge is 0.263 e. The molecule has 0 radical (unpaired) electrons. The largest absolute Gasteiger partial charge is 0.389 e. The molecule has 2 fully saturated rings. The summed E-state index contributed by atoms with van der Waals surface area (Å²) in [4.78, 5) is 13.5. The van der Waals surface area contributed by atoms with E-state index in [1.807, 2.05) is 6.92 Å². The van der Waals surface area contributed by atoms with Gasteiger partial charge in [0.05, 0.1) is 11.7 Å². The van der Waals surface area contributed by atoms with Gasteiger partial charge in [-0.3, -0.25) is 15.1 Å². The normalized spacial score (nSPS) is 38.5. The zero-order valence-corrected chi connectivity index (χ0v) is 10.2. The Morgan fingerprint density at radius 2 is 2.41 bits per heavy atom. The van der Waals surface area contributed by atoms with Crippen molar-refractivity contribution in [2.45, 2.75) is 44.0 Å². The van der Waals surface area contributed by atoms with Gasteiger partial charge in [0.2, 0.25) is 0 Å². The highest BCUT2D eigenvalue weighted by atomic mass is 16.5. The third-order valence-electron chi connectivity index (χ3n) is 3.53. The lowest BCUT2D eigenvalue weighted by Gasteiger charge is -2.22. The van der Waals surface area contributed by atoms with Gasteiger partial charge in [0.25, 0.3) is 5.91 Å². The van der Waals surface area contributed by atoms with E-state index < -0.39 is 11.7 Å². The Hall–Kier alpha value is -0.690. The van der Waals surface area contributed by atoms with E-state index in [1.54, 1.807) is 0 Å². The SMILES string of the molecule is CC1(O)CCN(CC2CCC(C(=O)NN)O2)C1. The minimum absolute atomic E-state index is 0.0752. The molecule has 0 bridgehead atoms. The van der Waals surface area contributed by atoms with Gasteiger partial charge in [0.15, 0.2) is 0 Å². The fraction of sp³-hybridized carbons (Fsp3) is 0.909. The van der Waals surface area contributed by atoms with Crippen LogP contribution in [0.2, 0.25) is 0 Å². The van der Waals surface area contributed by atoms with Gasteiger partial charge in [-0.1, -0.05) is 0 Å². The number of nitrogens with one attached hydrogen (secondary N) is 1. The highest BCUT2D eigenvalue weighted by molar-refractivity contribution is 5.80. The van der Waals surface area contributed by atoms with Crippen molar-refractivity contribution in [3.8, 4) is 0 Å². The predicted octanol–water partition coefficient (Wildman–Crippen LogP) is -1.02. The van der Waals surface area contributed by atoms with E-state index in [0.717, 1.165) is 32.4 Å². The molecule has 2 heterocycles. The van der Waals surface area contributed by atoms with Crippen molar-refractivity contribution < 1.29 is 14.6 Å². The number of carbonyl (C=O) groups excluding carboxylic acids is 1. The molecule has 6 nitrogen and oxygen atoms in total. The van der Waals surface area contributed by atoms with Gasteiger partial charge in [-0.05, 0) is 26.2 Å². The van der Waals surface area contributed by atoms with E-state index in [0.29, 0.717) is 6.54 Å². The van der Waals surface area contributed by atoms with Gasteiger partial charge in [-0.2, -0.15) is 0 Å². The minimum Gasteiger partial charge on any atom is -0.389 e. The van der Waals surface area contributed by atoms with Gasteiger partial charge < -0.3 is 9.84 Å². The van der Waals surface area contributed by atoms with Crippen molar-refractivity contribution in [3.63, 3.8) is 0 Å². The van der Waals surface area contributed by atoms with E-state index in [2.05, 4.69) is 10.3 Å². The van der Waals surface area contributed by atoms with Crippen molar-refractivity contribution >= 4 is 5.91 Å². The summed E-state index contributed by atoms with van der Waals surface area (Å²) in [6.45, 7) is 4.21. The number of nitrogens with zero attached hydrogens (tertiary/aromatic N) is 1. The second kappa shape index (κ2) is 4.89. The monoisotopic (exact) mass is 243 g/mol. The van der Waals surface area contributed by atoms with Crippen LogP contribution in [0.4, 0.5) is 0 Å². The van der Waals surface area contributed by atoms with Crippen molar-refractivity contribution in [1.82, 2.24) is 10.3 Å². The minimum atomic E-state index is -0.577. The number of hydrogen-bond acceptors (Lipinski definition) is 5. The molecule has 3 atom stereocenters. The highest BCUT2D eigenvalue weighted by Crippen LogP contribution is 2.25. The number of likely N-dealkylation sites (tertiary alicyclic amines) is 1. The highest BCUT2D eigenvalue weighted by Gasteiger charge is 2.36. The van der Waals surface area contributed by atoms with Gasteiger partial charge in [0.1, 0.15) is 6.10 Å². The molecule has 0 aromatic carbocycles. The summed E-state index contributed by atoms with van der Waals surface area (Å²) in [7, 11) is 0. The standard InChI is InChI=1S/C11H21N3O3/c1-11(16)4-5-14(7-11)6-8-2-3-9(17-8)10(15)13-12/h8-9,16H,2-7,12H2,1H3,(H,13,15). The molecule has 98 valence electrons. The number of aliphatic hydroxyl groups is 1. The fourth-order valence-corrected chi connectivity index (χ4v) is 2.61. The molecule has 3 unspecified atom stereocenters. The van der Waals surface area contributed by atoms with Crippen molar-refractivity contribution in [2.24, 2.45) is 5.84 Å². The number of β-amino-alcohol motifs (C(OH)–C–C–N with tert-alkyl or cyclic N) is 1. The summed E-state index contributed by atoms with van der Waals surface area (Å²) in [6, 6.07) is 0. The molecule has 0 aliphatic carbocycles. The van der Waals surface area contributed by atoms with Crippen molar-refractivity contribution in [1.29, 1.82) is 0 Å². The summed E-state index contributed by atoms with van der Waals surface area (Å²) < 4.78 is 5.63. The average Bonchev–Trinajstić information content (AvgIpc) is 2.85. The Kier molecular flexibility index (Phi) is 3.67. The average molecular weight is 243 g/mol. The molecule has 2 aliphatic rings. The van der Waals surface area contributed by atoms with Crippen molar-refractivity contribution in [3.05, 3.63) is 0 Å². The van der Waals surface area contributed by atoms with E-state index in [1.165, 1.54) is 0 Å². The topological polar surface area (TPSA) is 87.8 Å².